The van der Waals surface area contributed by atoms with Crippen LogP contribution < -0.4 is 11.5 Å². The molecule has 0 amide bonds. The predicted octanol–water partition coefficient (Wildman–Crippen LogP) is -0.675. The van der Waals surface area contributed by atoms with E-state index in [0.717, 1.165) is 0 Å². The molecule has 14 heavy (non-hydrogen) atoms. The first-order chi connectivity index (χ1) is 6.56. The summed E-state index contributed by atoms with van der Waals surface area (Å²) >= 11 is 0. The highest BCUT2D eigenvalue weighted by Gasteiger charge is 2.18. The number of rotatable bonds is 3. The minimum Gasteiger partial charge on any atom is -0.389 e. The molecule has 0 fully saturated rings. The van der Waals surface area contributed by atoms with Gasteiger partial charge in [-0.2, -0.15) is 0 Å². The molecule has 1 aromatic heterocycles. The van der Waals surface area contributed by atoms with Gasteiger partial charge in [0.15, 0.2) is 0 Å². The number of hydrogen-bond donors (Lipinski definition) is 4. The summed E-state index contributed by atoms with van der Waals surface area (Å²) in [4.78, 5) is 3.98. The second-order valence-corrected chi connectivity index (χ2v) is 3.16. The van der Waals surface area contributed by atoms with Gasteiger partial charge in [-0.25, -0.2) is 4.98 Å². The number of nitrogens with two attached hydrogens (primary N) is 2. The summed E-state index contributed by atoms with van der Waals surface area (Å²) in [6.45, 7) is 1.73. The number of pyridine rings is 1. The molecule has 0 aromatic carbocycles. The van der Waals surface area contributed by atoms with Gasteiger partial charge in [0, 0.05) is 17.8 Å². The third-order valence-electron chi connectivity index (χ3n) is 2.07. The summed E-state index contributed by atoms with van der Waals surface area (Å²) in [6.07, 6.45) is -1.98. The summed E-state index contributed by atoms with van der Waals surface area (Å²) in [5.74, 6) is 0.390. The summed E-state index contributed by atoms with van der Waals surface area (Å²) in [5, 5.41) is 19.0. The van der Waals surface area contributed by atoms with Crippen LogP contribution in [0.1, 0.15) is 17.4 Å². The Bertz CT molecular complexity index is 317. The van der Waals surface area contributed by atoms with E-state index in [4.69, 9.17) is 11.5 Å². The van der Waals surface area contributed by atoms with Crippen molar-refractivity contribution in [2.24, 2.45) is 5.73 Å². The Hall–Kier alpha value is -1.17. The van der Waals surface area contributed by atoms with Crippen LogP contribution in [0.25, 0.3) is 0 Å². The van der Waals surface area contributed by atoms with E-state index in [-0.39, 0.29) is 6.54 Å². The molecule has 0 bridgehead atoms. The zero-order valence-electron chi connectivity index (χ0n) is 8.01. The molecule has 78 valence electrons. The molecule has 5 heteroatoms. The van der Waals surface area contributed by atoms with Gasteiger partial charge in [0.05, 0.1) is 6.10 Å². The van der Waals surface area contributed by atoms with Crippen LogP contribution in [-0.2, 0) is 0 Å². The van der Waals surface area contributed by atoms with Crippen molar-refractivity contribution in [3.63, 3.8) is 0 Å². The third kappa shape index (κ3) is 2.20. The van der Waals surface area contributed by atoms with E-state index in [0.29, 0.717) is 17.1 Å². The monoisotopic (exact) mass is 197 g/mol. The van der Waals surface area contributed by atoms with Crippen LogP contribution in [0.15, 0.2) is 12.1 Å². The van der Waals surface area contributed by atoms with Crippen LogP contribution in [0.3, 0.4) is 0 Å². The van der Waals surface area contributed by atoms with Crippen LogP contribution in [-0.4, -0.2) is 27.8 Å². The lowest BCUT2D eigenvalue weighted by Gasteiger charge is -2.17. The summed E-state index contributed by atoms with van der Waals surface area (Å²) in [5.41, 5.74) is 11.8. The zero-order valence-corrected chi connectivity index (χ0v) is 8.01. The average Bonchev–Trinajstić information content (AvgIpc) is 2.15. The normalized spacial score (nSPS) is 15.1. The fourth-order valence-electron chi connectivity index (χ4n) is 1.24. The average molecular weight is 197 g/mol. The third-order valence-corrected chi connectivity index (χ3v) is 2.07. The van der Waals surface area contributed by atoms with Crippen LogP contribution in [0.5, 0.6) is 0 Å². The van der Waals surface area contributed by atoms with Gasteiger partial charge in [-0.3, -0.25) is 0 Å². The Kier molecular flexibility index (Phi) is 3.40. The van der Waals surface area contributed by atoms with Crippen molar-refractivity contribution >= 4 is 5.82 Å². The van der Waals surface area contributed by atoms with E-state index >= 15 is 0 Å². The summed E-state index contributed by atoms with van der Waals surface area (Å²) in [7, 11) is 0. The molecular formula is C9H15N3O2. The molecule has 2 unspecified atom stereocenters. The van der Waals surface area contributed by atoms with Crippen molar-refractivity contribution < 1.29 is 10.2 Å². The predicted molar refractivity (Wildman–Crippen MR) is 53.4 cm³/mol. The topological polar surface area (TPSA) is 105 Å². The number of anilines is 1. The molecule has 1 aromatic rings. The Labute approximate surface area is 82.4 Å². The number of nitrogens with zero attached hydrogens (tertiary/aromatic N) is 1. The van der Waals surface area contributed by atoms with E-state index < -0.39 is 12.2 Å². The van der Waals surface area contributed by atoms with Gasteiger partial charge in [0.1, 0.15) is 11.9 Å². The Morgan fingerprint density at radius 3 is 2.57 bits per heavy atom. The highest BCUT2D eigenvalue weighted by molar-refractivity contribution is 5.35. The smallest absolute Gasteiger partial charge is 0.123 e. The van der Waals surface area contributed by atoms with E-state index in [2.05, 4.69) is 4.98 Å². The molecule has 0 aliphatic carbocycles. The molecular weight excluding hydrogens is 182 g/mol. The van der Waals surface area contributed by atoms with Crippen LogP contribution in [0.4, 0.5) is 5.82 Å². The lowest BCUT2D eigenvalue weighted by Crippen LogP contribution is -2.27. The van der Waals surface area contributed by atoms with Gasteiger partial charge in [0.2, 0.25) is 0 Å². The molecule has 0 radical (unpaired) electrons. The second-order valence-electron chi connectivity index (χ2n) is 3.16. The van der Waals surface area contributed by atoms with Crippen LogP contribution in [0, 0.1) is 6.92 Å². The van der Waals surface area contributed by atoms with E-state index in [1.54, 1.807) is 19.1 Å². The van der Waals surface area contributed by atoms with Crippen molar-refractivity contribution in [3.05, 3.63) is 23.4 Å². The Balaban J connectivity index is 2.95. The number of aliphatic hydroxyl groups is 2. The fourth-order valence-corrected chi connectivity index (χ4v) is 1.24. The molecule has 0 aliphatic rings. The van der Waals surface area contributed by atoms with Crippen molar-refractivity contribution in [2.45, 2.75) is 19.1 Å². The maximum Gasteiger partial charge on any atom is 0.123 e. The van der Waals surface area contributed by atoms with E-state index in [1.807, 2.05) is 0 Å². The Morgan fingerprint density at radius 1 is 1.43 bits per heavy atom. The standard InChI is InChI=1S/C9H15N3O2/c1-5-6(2-3-8(11)12-5)9(14)7(13)4-10/h2-3,7,9,13-14H,4,10H2,1H3,(H2,11,12). The molecule has 6 N–H and O–H groups in total. The molecule has 1 rings (SSSR count). The number of aromatic nitrogens is 1. The first-order valence-electron chi connectivity index (χ1n) is 4.35. The summed E-state index contributed by atoms with van der Waals surface area (Å²) < 4.78 is 0. The highest BCUT2D eigenvalue weighted by atomic mass is 16.3. The molecule has 0 saturated carbocycles. The molecule has 2 atom stereocenters. The van der Waals surface area contributed by atoms with Crippen molar-refractivity contribution in [3.8, 4) is 0 Å². The van der Waals surface area contributed by atoms with Crippen molar-refractivity contribution in [1.82, 2.24) is 4.98 Å². The minimum absolute atomic E-state index is 0.00494. The highest BCUT2D eigenvalue weighted by Crippen LogP contribution is 2.19. The zero-order chi connectivity index (χ0) is 10.7. The van der Waals surface area contributed by atoms with Crippen LogP contribution in [0.2, 0.25) is 0 Å². The van der Waals surface area contributed by atoms with Gasteiger partial charge >= 0.3 is 0 Å². The van der Waals surface area contributed by atoms with Gasteiger partial charge in [-0.05, 0) is 13.0 Å². The number of nitrogen functional groups attached to an aromatic ring is 1. The van der Waals surface area contributed by atoms with Crippen molar-refractivity contribution in [1.29, 1.82) is 0 Å². The SMILES string of the molecule is Cc1nc(N)ccc1C(O)C(O)CN. The molecule has 0 spiro atoms. The first-order valence-corrected chi connectivity index (χ1v) is 4.35. The molecule has 0 saturated heterocycles. The second kappa shape index (κ2) is 4.36. The number of aryl methyl sites for hydroxylation is 1. The van der Waals surface area contributed by atoms with Gasteiger partial charge in [0.25, 0.3) is 0 Å². The summed E-state index contributed by atoms with van der Waals surface area (Å²) in [6, 6.07) is 3.22. The largest absolute Gasteiger partial charge is 0.389 e. The van der Waals surface area contributed by atoms with Crippen molar-refractivity contribution in [2.75, 3.05) is 12.3 Å². The fraction of sp³-hybridized carbons (Fsp3) is 0.444. The number of hydrogen-bond acceptors (Lipinski definition) is 5. The molecule has 1 heterocycles. The molecule has 0 aliphatic heterocycles. The minimum atomic E-state index is -1.01. The van der Waals surface area contributed by atoms with Gasteiger partial charge in [-0.1, -0.05) is 6.07 Å². The van der Waals surface area contributed by atoms with Gasteiger partial charge < -0.3 is 21.7 Å². The van der Waals surface area contributed by atoms with Gasteiger partial charge in [-0.15, -0.1) is 0 Å². The lowest BCUT2D eigenvalue weighted by molar-refractivity contribution is 0.0237. The van der Waals surface area contributed by atoms with E-state index in [9.17, 15) is 10.2 Å². The van der Waals surface area contributed by atoms with E-state index in [1.165, 1.54) is 0 Å². The Morgan fingerprint density at radius 2 is 2.07 bits per heavy atom. The quantitative estimate of drug-likeness (QED) is 0.514. The molecule has 5 nitrogen and oxygen atoms in total. The first kappa shape index (κ1) is 10.9. The maximum atomic E-state index is 9.65. The lowest BCUT2D eigenvalue weighted by atomic mass is 10.0. The van der Waals surface area contributed by atoms with Crippen LogP contribution >= 0.6 is 0 Å². The number of aliphatic hydroxyl groups excluding tert-OH is 2. The maximum absolute atomic E-state index is 9.65.